The predicted molar refractivity (Wildman–Crippen MR) is 114 cm³/mol. The van der Waals surface area contributed by atoms with E-state index in [0.717, 1.165) is 4.47 Å². The van der Waals surface area contributed by atoms with Crippen molar-refractivity contribution >= 4 is 38.0 Å². The topological polar surface area (TPSA) is 83.6 Å². The number of benzene rings is 2. The molecule has 0 atom stereocenters. The summed E-state index contributed by atoms with van der Waals surface area (Å²) in [6.07, 6.45) is 0. The molecular weight excluding hydrogens is 440 g/mol. The molecule has 0 saturated carbocycles. The highest BCUT2D eigenvalue weighted by molar-refractivity contribution is 9.10. The molecule has 0 bridgehead atoms. The molecule has 0 radical (unpaired) electrons. The molecule has 2 heterocycles. The van der Waals surface area contributed by atoms with Crippen LogP contribution in [0.25, 0.3) is 33.5 Å². The van der Waals surface area contributed by atoms with Gasteiger partial charge >= 0.3 is 0 Å². The monoisotopic (exact) mass is 456 g/mol. The first-order chi connectivity index (χ1) is 14.0. The maximum atomic E-state index is 13.3. The Morgan fingerprint density at radius 1 is 1.14 bits per heavy atom. The lowest BCUT2D eigenvalue weighted by Gasteiger charge is -2.13. The zero-order valence-electron chi connectivity index (χ0n) is 15.8. The molecule has 7 nitrogen and oxygen atoms in total. The molecule has 0 unspecified atom stereocenters. The third-order valence-corrected chi connectivity index (χ3v) is 5.10. The number of aromatic nitrogens is 2. The molecule has 8 heteroatoms. The first-order valence-corrected chi connectivity index (χ1v) is 9.63. The first kappa shape index (κ1) is 19.4. The number of ether oxygens (including phenoxy) is 2. The lowest BCUT2D eigenvalue weighted by atomic mass is 10.1. The predicted octanol–water partition coefficient (Wildman–Crippen LogP) is 3.59. The van der Waals surface area contributed by atoms with Crippen LogP contribution in [0.1, 0.15) is 0 Å². The van der Waals surface area contributed by atoms with Crippen LogP contribution in [0, 0.1) is 0 Å². The van der Waals surface area contributed by atoms with E-state index >= 15 is 0 Å². The number of rotatable bonds is 5. The molecule has 0 spiro atoms. The fourth-order valence-corrected chi connectivity index (χ4v) is 3.54. The standard InChI is InChI=1S/C21H17BrN2O5/c1-27-9-8-24-19(12-4-3-5-14(10-12)28-2)23-20-17(21(24)26)18(25)15-11-13(22)6-7-16(15)29-20/h3-7,10-11H,8-9H2,1-2H3. The normalized spacial score (nSPS) is 11.3. The van der Waals surface area contributed by atoms with Crippen molar-refractivity contribution in [1.29, 1.82) is 0 Å². The summed E-state index contributed by atoms with van der Waals surface area (Å²) in [4.78, 5) is 30.9. The van der Waals surface area contributed by atoms with Crippen LogP contribution in [-0.4, -0.2) is 30.4 Å². The van der Waals surface area contributed by atoms with Gasteiger partial charge < -0.3 is 13.9 Å². The average Bonchev–Trinajstić information content (AvgIpc) is 2.73. The van der Waals surface area contributed by atoms with Crippen LogP contribution < -0.4 is 15.7 Å². The van der Waals surface area contributed by atoms with Crippen molar-refractivity contribution in [3.8, 4) is 17.1 Å². The summed E-state index contributed by atoms with van der Waals surface area (Å²) < 4.78 is 18.4. The third-order valence-electron chi connectivity index (χ3n) is 4.60. The Labute approximate surface area is 173 Å². The Morgan fingerprint density at radius 3 is 2.72 bits per heavy atom. The minimum Gasteiger partial charge on any atom is -0.497 e. The van der Waals surface area contributed by atoms with E-state index in [9.17, 15) is 9.59 Å². The Hall–Kier alpha value is -2.97. The zero-order chi connectivity index (χ0) is 20.5. The van der Waals surface area contributed by atoms with Gasteiger partial charge in [0.25, 0.3) is 5.56 Å². The molecule has 0 fully saturated rings. The van der Waals surface area contributed by atoms with Gasteiger partial charge in [0.2, 0.25) is 11.1 Å². The van der Waals surface area contributed by atoms with Crippen molar-refractivity contribution < 1.29 is 13.9 Å². The van der Waals surface area contributed by atoms with Gasteiger partial charge in [0.15, 0.2) is 5.39 Å². The van der Waals surface area contributed by atoms with Gasteiger partial charge in [-0.2, -0.15) is 4.98 Å². The van der Waals surface area contributed by atoms with E-state index in [1.54, 1.807) is 50.6 Å². The molecule has 4 rings (SSSR count). The molecule has 0 aliphatic heterocycles. The minimum atomic E-state index is -0.472. The van der Waals surface area contributed by atoms with Crippen molar-refractivity contribution in [3.05, 3.63) is 67.5 Å². The highest BCUT2D eigenvalue weighted by Crippen LogP contribution is 2.25. The molecule has 4 aromatic rings. The fraction of sp³-hybridized carbons (Fsp3) is 0.190. The summed E-state index contributed by atoms with van der Waals surface area (Å²) in [7, 11) is 3.11. The van der Waals surface area contributed by atoms with Crippen molar-refractivity contribution in [2.24, 2.45) is 0 Å². The lowest BCUT2D eigenvalue weighted by molar-refractivity contribution is 0.186. The van der Waals surface area contributed by atoms with Crippen LogP contribution in [0.3, 0.4) is 0 Å². The molecular formula is C21H17BrN2O5. The van der Waals surface area contributed by atoms with Crippen LogP contribution in [0.4, 0.5) is 0 Å². The zero-order valence-corrected chi connectivity index (χ0v) is 17.4. The quantitative estimate of drug-likeness (QED) is 0.426. The molecule has 0 aliphatic carbocycles. The number of nitrogens with zero attached hydrogens (tertiary/aromatic N) is 2. The van der Waals surface area contributed by atoms with Crippen LogP contribution >= 0.6 is 15.9 Å². The number of hydrogen-bond donors (Lipinski definition) is 0. The van der Waals surface area contributed by atoms with Crippen LogP contribution in [-0.2, 0) is 11.3 Å². The number of hydrogen-bond acceptors (Lipinski definition) is 6. The second-order valence-corrected chi connectivity index (χ2v) is 7.28. The van der Waals surface area contributed by atoms with Gasteiger partial charge in [-0.15, -0.1) is 0 Å². The van der Waals surface area contributed by atoms with Gasteiger partial charge in [0.05, 0.1) is 25.6 Å². The maximum absolute atomic E-state index is 13.3. The first-order valence-electron chi connectivity index (χ1n) is 8.83. The number of fused-ring (bicyclic) bond motifs is 2. The Bertz CT molecular complexity index is 1340. The minimum absolute atomic E-state index is 0.00121. The van der Waals surface area contributed by atoms with Crippen molar-refractivity contribution in [2.45, 2.75) is 6.54 Å². The second kappa shape index (κ2) is 7.81. The van der Waals surface area contributed by atoms with E-state index in [4.69, 9.17) is 13.9 Å². The summed E-state index contributed by atoms with van der Waals surface area (Å²) in [6, 6.07) is 12.3. The highest BCUT2D eigenvalue weighted by atomic mass is 79.9. The third kappa shape index (κ3) is 3.45. The van der Waals surface area contributed by atoms with E-state index < -0.39 is 11.0 Å². The van der Waals surface area contributed by atoms with Crippen LogP contribution in [0.15, 0.2) is 60.9 Å². The van der Waals surface area contributed by atoms with Gasteiger partial charge in [-0.25, -0.2) is 0 Å². The van der Waals surface area contributed by atoms with Gasteiger partial charge in [-0.1, -0.05) is 28.1 Å². The highest BCUT2D eigenvalue weighted by Gasteiger charge is 2.19. The van der Waals surface area contributed by atoms with E-state index in [2.05, 4.69) is 20.9 Å². The second-order valence-electron chi connectivity index (χ2n) is 6.37. The summed E-state index contributed by atoms with van der Waals surface area (Å²) >= 11 is 3.35. The Morgan fingerprint density at radius 2 is 1.97 bits per heavy atom. The van der Waals surface area contributed by atoms with E-state index in [-0.39, 0.29) is 24.3 Å². The number of halogens is 1. The van der Waals surface area contributed by atoms with Gasteiger partial charge in [0.1, 0.15) is 17.2 Å². The van der Waals surface area contributed by atoms with Gasteiger partial charge in [-0.05, 0) is 30.3 Å². The van der Waals surface area contributed by atoms with Crippen LogP contribution in [0.5, 0.6) is 5.75 Å². The smallest absolute Gasteiger partial charge is 0.269 e. The summed E-state index contributed by atoms with van der Waals surface area (Å²) in [5, 5.41) is 0.233. The van der Waals surface area contributed by atoms with E-state index in [0.29, 0.717) is 28.1 Å². The summed E-state index contributed by atoms with van der Waals surface area (Å²) in [6.45, 7) is 0.523. The lowest BCUT2D eigenvalue weighted by Crippen LogP contribution is -2.29. The Kier molecular flexibility index (Phi) is 5.21. The van der Waals surface area contributed by atoms with Crippen LogP contribution in [0.2, 0.25) is 0 Å². The SMILES string of the molecule is COCCn1c(-c2cccc(OC)c2)nc2oc3ccc(Br)cc3c(=O)c2c1=O. The van der Waals surface area contributed by atoms with Gasteiger partial charge in [-0.3, -0.25) is 14.2 Å². The Balaban J connectivity index is 2.09. The van der Waals surface area contributed by atoms with Gasteiger partial charge in [0, 0.05) is 17.1 Å². The molecule has 2 aromatic carbocycles. The molecule has 0 aliphatic rings. The van der Waals surface area contributed by atoms with Crippen molar-refractivity contribution in [2.75, 3.05) is 20.8 Å². The van der Waals surface area contributed by atoms with Crippen molar-refractivity contribution in [3.63, 3.8) is 0 Å². The largest absolute Gasteiger partial charge is 0.497 e. The maximum Gasteiger partial charge on any atom is 0.269 e. The fourth-order valence-electron chi connectivity index (χ4n) is 3.18. The molecule has 0 amide bonds. The van der Waals surface area contributed by atoms with E-state index in [1.807, 2.05) is 6.07 Å². The summed E-state index contributed by atoms with van der Waals surface area (Å²) in [5.74, 6) is 0.998. The summed E-state index contributed by atoms with van der Waals surface area (Å²) in [5.41, 5.74) is 0.145. The average molecular weight is 457 g/mol. The molecule has 0 N–H and O–H groups in total. The van der Waals surface area contributed by atoms with E-state index in [1.165, 1.54) is 4.57 Å². The molecule has 29 heavy (non-hydrogen) atoms. The molecule has 0 saturated heterocycles. The molecule has 2 aromatic heterocycles. The number of methoxy groups -OCH3 is 2. The molecule has 148 valence electrons. The van der Waals surface area contributed by atoms with Crippen molar-refractivity contribution in [1.82, 2.24) is 9.55 Å².